The Morgan fingerprint density at radius 1 is 1.26 bits per heavy atom. The number of nitrogens with one attached hydrogen (secondary N) is 1. The van der Waals surface area contributed by atoms with Gasteiger partial charge in [-0.15, -0.1) is 10.2 Å². The van der Waals surface area contributed by atoms with Gasteiger partial charge in [0.2, 0.25) is 5.91 Å². The van der Waals surface area contributed by atoms with E-state index in [0.717, 1.165) is 11.4 Å². The maximum atomic E-state index is 11.4. The van der Waals surface area contributed by atoms with Crippen LogP contribution >= 0.6 is 0 Å². The lowest BCUT2D eigenvalue weighted by atomic mass is 10.2. The van der Waals surface area contributed by atoms with Gasteiger partial charge in [-0.1, -0.05) is 0 Å². The SMILES string of the molecule is CC(=O)CC(=O)Nc1ccc(-c2nncn2C)cc1. The molecule has 6 nitrogen and oxygen atoms in total. The zero-order chi connectivity index (χ0) is 13.8. The number of aryl methyl sites for hydroxylation is 1. The number of nitrogens with zero attached hydrogens (tertiary/aromatic N) is 3. The molecule has 6 heteroatoms. The van der Waals surface area contributed by atoms with Crippen LogP contribution in [-0.4, -0.2) is 26.5 Å². The van der Waals surface area contributed by atoms with Gasteiger partial charge in [0.25, 0.3) is 0 Å². The Balaban J connectivity index is 2.09. The molecule has 2 aromatic rings. The van der Waals surface area contributed by atoms with E-state index in [4.69, 9.17) is 0 Å². The van der Waals surface area contributed by atoms with Crippen LogP contribution in [0.3, 0.4) is 0 Å². The van der Waals surface area contributed by atoms with E-state index in [-0.39, 0.29) is 18.1 Å². The molecule has 0 unspecified atom stereocenters. The Hall–Kier alpha value is -2.50. The number of Topliss-reactive ketones (excluding diaryl/α,β-unsaturated/α-hetero) is 1. The Morgan fingerprint density at radius 3 is 2.47 bits per heavy atom. The minimum Gasteiger partial charge on any atom is -0.326 e. The first-order chi connectivity index (χ1) is 9.06. The van der Waals surface area contributed by atoms with Gasteiger partial charge in [0, 0.05) is 18.3 Å². The molecule has 98 valence electrons. The molecule has 0 saturated heterocycles. The van der Waals surface area contributed by atoms with Crippen LogP contribution in [-0.2, 0) is 16.6 Å². The van der Waals surface area contributed by atoms with Crippen molar-refractivity contribution in [3.05, 3.63) is 30.6 Å². The van der Waals surface area contributed by atoms with Crippen molar-refractivity contribution in [1.29, 1.82) is 0 Å². The van der Waals surface area contributed by atoms with Crippen LogP contribution in [0.5, 0.6) is 0 Å². The number of hydrogen-bond donors (Lipinski definition) is 1. The van der Waals surface area contributed by atoms with Gasteiger partial charge in [-0.25, -0.2) is 0 Å². The van der Waals surface area contributed by atoms with Gasteiger partial charge in [-0.3, -0.25) is 9.59 Å². The number of carbonyl (C=O) groups is 2. The Kier molecular flexibility index (Phi) is 3.70. The van der Waals surface area contributed by atoms with Gasteiger partial charge < -0.3 is 9.88 Å². The van der Waals surface area contributed by atoms with Crippen molar-refractivity contribution in [1.82, 2.24) is 14.8 Å². The quantitative estimate of drug-likeness (QED) is 0.841. The Labute approximate surface area is 110 Å². The van der Waals surface area contributed by atoms with Gasteiger partial charge in [-0.2, -0.15) is 0 Å². The molecule has 1 amide bonds. The summed E-state index contributed by atoms with van der Waals surface area (Å²) in [5, 5.41) is 10.5. The standard InChI is InChI=1S/C13H14N4O2/c1-9(18)7-12(19)15-11-5-3-10(4-6-11)13-16-14-8-17(13)2/h3-6,8H,7H2,1-2H3,(H,15,19). The molecular weight excluding hydrogens is 244 g/mol. The highest BCUT2D eigenvalue weighted by Gasteiger charge is 2.07. The van der Waals surface area contributed by atoms with E-state index in [2.05, 4.69) is 15.5 Å². The molecule has 0 bridgehead atoms. The van der Waals surface area contributed by atoms with Crippen LogP contribution < -0.4 is 5.32 Å². The van der Waals surface area contributed by atoms with Gasteiger partial charge in [0.05, 0.1) is 6.42 Å². The van der Waals surface area contributed by atoms with Crippen LogP contribution in [0.15, 0.2) is 30.6 Å². The molecule has 19 heavy (non-hydrogen) atoms. The van der Waals surface area contributed by atoms with Gasteiger partial charge in [-0.05, 0) is 31.2 Å². The molecule has 0 aliphatic carbocycles. The molecule has 0 fully saturated rings. The van der Waals surface area contributed by atoms with Crippen molar-refractivity contribution in [2.45, 2.75) is 13.3 Å². The molecule has 0 spiro atoms. The van der Waals surface area contributed by atoms with E-state index >= 15 is 0 Å². The highest BCUT2D eigenvalue weighted by Crippen LogP contribution is 2.18. The summed E-state index contributed by atoms with van der Waals surface area (Å²) in [6.45, 7) is 1.39. The lowest BCUT2D eigenvalue weighted by Gasteiger charge is -2.05. The van der Waals surface area contributed by atoms with E-state index in [9.17, 15) is 9.59 Å². The fourth-order valence-corrected chi connectivity index (χ4v) is 1.68. The van der Waals surface area contributed by atoms with Crippen LogP contribution in [0, 0.1) is 0 Å². The monoisotopic (exact) mass is 258 g/mol. The summed E-state index contributed by atoms with van der Waals surface area (Å²) in [7, 11) is 1.86. The van der Waals surface area contributed by atoms with Crippen LogP contribution in [0.4, 0.5) is 5.69 Å². The molecule has 1 aromatic heterocycles. The fraction of sp³-hybridized carbons (Fsp3) is 0.231. The first kappa shape index (κ1) is 12.9. The highest BCUT2D eigenvalue weighted by molar-refractivity contribution is 6.03. The molecule has 0 saturated carbocycles. The normalized spacial score (nSPS) is 10.2. The highest BCUT2D eigenvalue weighted by atomic mass is 16.2. The second-order valence-corrected chi connectivity index (χ2v) is 4.27. The number of ketones is 1. The number of amides is 1. The number of anilines is 1. The third kappa shape index (κ3) is 3.25. The van der Waals surface area contributed by atoms with Crippen LogP contribution in [0.25, 0.3) is 11.4 Å². The summed E-state index contributed by atoms with van der Waals surface area (Å²) >= 11 is 0. The van der Waals surface area contributed by atoms with E-state index < -0.39 is 0 Å². The number of rotatable bonds is 4. The zero-order valence-electron chi connectivity index (χ0n) is 10.8. The Morgan fingerprint density at radius 2 is 1.95 bits per heavy atom. The lowest BCUT2D eigenvalue weighted by molar-refractivity contribution is -0.124. The third-order valence-corrected chi connectivity index (χ3v) is 2.55. The summed E-state index contributed by atoms with van der Waals surface area (Å²) < 4.78 is 1.81. The smallest absolute Gasteiger partial charge is 0.231 e. The van der Waals surface area contributed by atoms with Crippen molar-refractivity contribution in [3.8, 4) is 11.4 Å². The number of aromatic nitrogens is 3. The van der Waals surface area contributed by atoms with Gasteiger partial charge in [0.15, 0.2) is 5.82 Å². The number of hydrogen-bond acceptors (Lipinski definition) is 4. The first-order valence-corrected chi connectivity index (χ1v) is 5.80. The summed E-state index contributed by atoms with van der Waals surface area (Å²) in [4.78, 5) is 22.2. The average Bonchev–Trinajstić information content (AvgIpc) is 2.75. The maximum Gasteiger partial charge on any atom is 0.231 e. The van der Waals surface area contributed by atoms with Crippen LogP contribution in [0.1, 0.15) is 13.3 Å². The molecule has 1 aromatic carbocycles. The minimum absolute atomic E-state index is 0.106. The van der Waals surface area contributed by atoms with Gasteiger partial charge in [0.1, 0.15) is 12.1 Å². The Bertz CT molecular complexity index is 601. The summed E-state index contributed by atoms with van der Waals surface area (Å²) in [5.41, 5.74) is 1.56. The largest absolute Gasteiger partial charge is 0.326 e. The zero-order valence-corrected chi connectivity index (χ0v) is 10.8. The molecule has 0 atom stereocenters. The van der Waals surface area contributed by atoms with Crippen molar-refractivity contribution >= 4 is 17.4 Å². The number of carbonyl (C=O) groups excluding carboxylic acids is 2. The molecule has 1 N–H and O–H groups in total. The summed E-state index contributed by atoms with van der Waals surface area (Å²) in [5.74, 6) is 0.286. The summed E-state index contributed by atoms with van der Waals surface area (Å²) in [6.07, 6.45) is 1.52. The maximum absolute atomic E-state index is 11.4. The molecule has 0 aliphatic rings. The topological polar surface area (TPSA) is 76.9 Å². The lowest BCUT2D eigenvalue weighted by Crippen LogP contribution is -2.14. The van der Waals surface area contributed by atoms with E-state index in [1.54, 1.807) is 18.5 Å². The minimum atomic E-state index is -0.307. The van der Waals surface area contributed by atoms with Crippen LogP contribution in [0.2, 0.25) is 0 Å². The fourth-order valence-electron chi connectivity index (χ4n) is 1.68. The molecule has 1 heterocycles. The van der Waals surface area contributed by atoms with Crippen molar-refractivity contribution in [2.75, 3.05) is 5.32 Å². The predicted octanol–water partition coefficient (Wildman–Crippen LogP) is 1.40. The van der Waals surface area contributed by atoms with E-state index in [1.165, 1.54) is 6.92 Å². The molecule has 2 rings (SSSR count). The number of benzene rings is 1. The first-order valence-electron chi connectivity index (χ1n) is 5.80. The van der Waals surface area contributed by atoms with Gasteiger partial charge >= 0.3 is 0 Å². The molecule has 0 aliphatic heterocycles. The van der Waals surface area contributed by atoms with Crippen molar-refractivity contribution < 1.29 is 9.59 Å². The third-order valence-electron chi connectivity index (χ3n) is 2.55. The van der Waals surface area contributed by atoms with E-state index in [1.807, 2.05) is 23.7 Å². The second-order valence-electron chi connectivity index (χ2n) is 4.27. The summed E-state index contributed by atoms with van der Waals surface area (Å²) in [6, 6.07) is 7.21. The predicted molar refractivity (Wildman–Crippen MR) is 70.4 cm³/mol. The second kappa shape index (κ2) is 5.43. The molecule has 0 radical (unpaired) electrons. The van der Waals surface area contributed by atoms with Crippen molar-refractivity contribution in [3.63, 3.8) is 0 Å². The van der Waals surface area contributed by atoms with Crippen molar-refractivity contribution in [2.24, 2.45) is 7.05 Å². The molecular formula is C13H14N4O2. The van der Waals surface area contributed by atoms with E-state index in [0.29, 0.717) is 5.69 Å². The average molecular weight is 258 g/mol.